The van der Waals surface area contributed by atoms with Crippen molar-refractivity contribution in [1.29, 1.82) is 0 Å². The molecule has 0 bridgehead atoms. The third-order valence-electron chi connectivity index (χ3n) is 5.19. The second-order valence-corrected chi connectivity index (χ2v) is 6.50. The van der Waals surface area contributed by atoms with Gasteiger partial charge in [-0.2, -0.15) is 0 Å². The van der Waals surface area contributed by atoms with E-state index in [4.69, 9.17) is 4.74 Å². The molecule has 3 heteroatoms. The summed E-state index contributed by atoms with van der Waals surface area (Å²) in [7, 11) is 2.26. The molecular formula is C14H26N2O. The second-order valence-electron chi connectivity index (χ2n) is 6.50. The van der Waals surface area contributed by atoms with Crippen molar-refractivity contribution in [2.24, 2.45) is 17.3 Å². The van der Waals surface area contributed by atoms with E-state index in [1.165, 1.54) is 51.9 Å². The van der Waals surface area contributed by atoms with Gasteiger partial charge in [0, 0.05) is 12.0 Å². The molecule has 3 aliphatic heterocycles. The van der Waals surface area contributed by atoms with Crippen molar-refractivity contribution >= 4 is 0 Å². The summed E-state index contributed by atoms with van der Waals surface area (Å²) >= 11 is 0. The largest absolute Gasteiger partial charge is 0.380 e. The monoisotopic (exact) mass is 238 g/mol. The molecule has 0 spiro atoms. The minimum absolute atomic E-state index is 0.548. The summed E-state index contributed by atoms with van der Waals surface area (Å²) < 4.78 is 5.59. The Hall–Kier alpha value is -0.120. The molecule has 3 rings (SSSR count). The van der Waals surface area contributed by atoms with Crippen LogP contribution in [0.5, 0.6) is 0 Å². The first kappa shape index (κ1) is 11.9. The Morgan fingerprint density at radius 3 is 2.53 bits per heavy atom. The maximum absolute atomic E-state index is 5.59. The van der Waals surface area contributed by atoms with Crippen LogP contribution in [0.25, 0.3) is 0 Å². The average molecular weight is 238 g/mol. The van der Waals surface area contributed by atoms with Crippen LogP contribution in [0.4, 0.5) is 0 Å². The Kier molecular flexibility index (Phi) is 3.42. The van der Waals surface area contributed by atoms with Crippen LogP contribution >= 0.6 is 0 Å². The van der Waals surface area contributed by atoms with Crippen LogP contribution < -0.4 is 5.32 Å². The van der Waals surface area contributed by atoms with Gasteiger partial charge in [-0.25, -0.2) is 0 Å². The minimum atomic E-state index is 0.548. The van der Waals surface area contributed by atoms with Crippen molar-refractivity contribution in [2.45, 2.75) is 25.7 Å². The molecule has 3 heterocycles. The number of nitrogens with one attached hydrogen (secondary N) is 1. The molecule has 0 saturated carbocycles. The average Bonchev–Trinajstić information content (AvgIpc) is 2.72. The predicted octanol–water partition coefficient (Wildman–Crippen LogP) is 1.34. The number of likely N-dealkylation sites (tertiary alicyclic amines) is 1. The van der Waals surface area contributed by atoms with E-state index in [1.807, 2.05) is 0 Å². The molecule has 0 aromatic rings. The molecule has 1 unspecified atom stereocenters. The van der Waals surface area contributed by atoms with Crippen LogP contribution in [0.2, 0.25) is 0 Å². The molecule has 3 aliphatic rings. The third kappa shape index (κ3) is 2.38. The van der Waals surface area contributed by atoms with Gasteiger partial charge in [-0.3, -0.25) is 0 Å². The highest BCUT2D eigenvalue weighted by atomic mass is 16.5. The van der Waals surface area contributed by atoms with Crippen LogP contribution in [-0.2, 0) is 4.74 Å². The molecule has 98 valence electrons. The number of rotatable bonds is 3. The molecule has 0 aromatic heterocycles. The number of nitrogens with zero attached hydrogens (tertiary/aromatic N) is 1. The van der Waals surface area contributed by atoms with E-state index in [2.05, 4.69) is 17.3 Å². The fraction of sp³-hybridized carbons (Fsp3) is 1.00. The lowest BCUT2D eigenvalue weighted by Gasteiger charge is -2.48. The van der Waals surface area contributed by atoms with Gasteiger partial charge >= 0.3 is 0 Å². The molecule has 0 aromatic carbocycles. The minimum Gasteiger partial charge on any atom is -0.380 e. The van der Waals surface area contributed by atoms with Gasteiger partial charge in [0.05, 0.1) is 13.2 Å². The van der Waals surface area contributed by atoms with Crippen LogP contribution in [0.1, 0.15) is 25.7 Å². The molecule has 0 amide bonds. The molecule has 1 atom stereocenters. The lowest BCUT2D eigenvalue weighted by atomic mass is 9.66. The van der Waals surface area contributed by atoms with E-state index in [1.54, 1.807) is 0 Å². The highest BCUT2D eigenvalue weighted by Crippen LogP contribution is 2.46. The Balaban J connectivity index is 1.61. The van der Waals surface area contributed by atoms with Crippen molar-refractivity contribution < 1.29 is 4.74 Å². The molecular weight excluding hydrogens is 212 g/mol. The maximum Gasteiger partial charge on any atom is 0.0548 e. The molecule has 17 heavy (non-hydrogen) atoms. The molecule has 3 saturated heterocycles. The number of hydrogen-bond acceptors (Lipinski definition) is 3. The zero-order valence-electron chi connectivity index (χ0n) is 11.1. The van der Waals surface area contributed by atoms with Crippen LogP contribution in [-0.4, -0.2) is 51.3 Å². The summed E-state index contributed by atoms with van der Waals surface area (Å²) in [6.07, 6.45) is 5.58. The van der Waals surface area contributed by atoms with Crippen molar-refractivity contribution in [1.82, 2.24) is 10.2 Å². The molecule has 0 aliphatic carbocycles. The van der Waals surface area contributed by atoms with Gasteiger partial charge < -0.3 is 15.0 Å². The topological polar surface area (TPSA) is 24.5 Å². The van der Waals surface area contributed by atoms with Crippen molar-refractivity contribution in [3.63, 3.8) is 0 Å². The van der Waals surface area contributed by atoms with Crippen molar-refractivity contribution in [2.75, 3.05) is 46.4 Å². The van der Waals surface area contributed by atoms with E-state index in [0.29, 0.717) is 5.41 Å². The Bertz CT molecular complexity index is 259. The van der Waals surface area contributed by atoms with Gasteiger partial charge in [-0.05, 0) is 64.2 Å². The lowest BCUT2D eigenvalue weighted by molar-refractivity contribution is -0.155. The van der Waals surface area contributed by atoms with E-state index in [9.17, 15) is 0 Å². The molecule has 3 fully saturated rings. The zero-order valence-corrected chi connectivity index (χ0v) is 11.1. The normalized spacial score (nSPS) is 34.8. The van der Waals surface area contributed by atoms with Gasteiger partial charge in [0.25, 0.3) is 0 Å². The predicted molar refractivity (Wildman–Crippen MR) is 69.1 cm³/mol. The lowest BCUT2D eigenvalue weighted by Crippen LogP contribution is -2.51. The first-order valence-electron chi connectivity index (χ1n) is 7.25. The summed E-state index contributed by atoms with van der Waals surface area (Å²) in [5.74, 6) is 1.85. The summed E-state index contributed by atoms with van der Waals surface area (Å²) in [6, 6.07) is 0. The van der Waals surface area contributed by atoms with Crippen molar-refractivity contribution in [3.8, 4) is 0 Å². The van der Waals surface area contributed by atoms with E-state index in [0.717, 1.165) is 25.0 Å². The Labute approximate surface area is 105 Å². The molecule has 3 nitrogen and oxygen atoms in total. The standard InChI is InChI=1S/C14H26N2O/c1-16-7-4-13(9-16)14(10-17-11-14)8-12-2-5-15-6-3-12/h12-13,15H,2-11H2,1H3. The molecule has 1 N–H and O–H groups in total. The van der Waals surface area contributed by atoms with Gasteiger partial charge in [-0.1, -0.05) is 0 Å². The van der Waals surface area contributed by atoms with E-state index >= 15 is 0 Å². The van der Waals surface area contributed by atoms with Gasteiger partial charge in [0.2, 0.25) is 0 Å². The van der Waals surface area contributed by atoms with Gasteiger partial charge in [0.15, 0.2) is 0 Å². The van der Waals surface area contributed by atoms with Crippen LogP contribution in [0, 0.1) is 17.3 Å². The second kappa shape index (κ2) is 4.87. The smallest absolute Gasteiger partial charge is 0.0548 e. The van der Waals surface area contributed by atoms with Crippen LogP contribution in [0.15, 0.2) is 0 Å². The van der Waals surface area contributed by atoms with E-state index in [-0.39, 0.29) is 0 Å². The first-order valence-corrected chi connectivity index (χ1v) is 7.25. The fourth-order valence-electron chi connectivity index (χ4n) is 3.98. The zero-order chi connectivity index (χ0) is 11.7. The number of hydrogen-bond donors (Lipinski definition) is 1. The molecule has 0 radical (unpaired) electrons. The maximum atomic E-state index is 5.59. The Morgan fingerprint density at radius 2 is 2.00 bits per heavy atom. The quantitative estimate of drug-likeness (QED) is 0.803. The highest BCUT2D eigenvalue weighted by Gasteiger charge is 2.48. The Morgan fingerprint density at radius 1 is 1.24 bits per heavy atom. The SMILES string of the molecule is CN1CCC(C2(CC3CCNCC3)COC2)C1. The summed E-state index contributed by atoms with van der Waals surface area (Å²) in [5.41, 5.74) is 0.548. The highest BCUT2D eigenvalue weighted by molar-refractivity contribution is 4.97. The fourth-order valence-corrected chi connectivity index (χ4v) is 3.98. The van der Waals surface area contributed by atoms with E-state index < -0.39 is 0 Å². The summed E-state index contributed by atoms with van der Waals surface area (Å²) in [6.45, 7) is 7.12. The van der Waals surface area contributed by atoms with Gasteiger partial charge in [-0.15, -0.1) is 0 Å². The third-order valence-corrected chi connectivity index (χ3v) is 5.19. The summed E-state index contributed by atoms with van der Waals surface area (Å²) in [4.78, 5) is 2.49. The van der Waals surface area contributed by atoms with Gasteiger partial charge in [0.1, 0.15) is 0 Å². The number of piperidine rings is 1. The van der Waals surface area contributed by atoms with Crippen LogP contribution in [0.3, 0.4) is 0 Å². The number of ether oxygens (including phenoxy) is 1. The van der Waals surface area contributed by atoms with Crippen molar-refractivity contribution in [3.05, 3.63) is 0 Å². The summed E-state index contributed by atoms with van der Waals surface area (Å²) in [5, 5.41) is 3.47. The first-order chi connectivity index (χ1) is 8.28.